The van der Waals surface area contributed by atoms with Gasteiger partial charge in [-0.05, 0) is 25.8 Å². The number of aryl methyl sites for hydroxylation is 2. The van der Waals surface area contributed by atoms with Crippen molar-refractivity contribution in [2.75, 3.05) is 19.6 Å². The zero-order valence-electron chi connectivity index (χ0n) is 14.8. The minimum Gasteiger partial charge on any atom is -0.355 e. The molecule has 0 radical (unpaired) electrons. The maximum absolute atomic E-state index is 12.8. The Morgan fingerprint density at radius 1 is 1.29 bits per heavy atom. The number of carbonyl (C=O) groups excluding carboxylic acids is 2. The maximum Gasteiger partial charge on any atom is 0.255 e. The van der Waals surface area contributed by atoms with E-state index in [1.807, 2.05) is 27.8 Å². The summed E-state index contributed by atoms with van der Waals surface area (Å²) >= 11 is 0. The van der Waals surface area contributed by atoms with Gasteiger partial charge in [-0.1, -0.05) is 13.8 Å². The molecule has 0 saturated heterocycles. The van der Waals surface area contributed by atoms with Crippen molar-refractivity contribution in [2.45, 2.75) is 33.6 Å². The van der Waals surface area contributed by atoms with Gasteiger partial charge in [0.05, 0.1) is 17.8 Å². The molecule has 7 nitrogen and oxygen atoms in total. The summed E-state index contributed by atoms with van der Waals surface area (Å²) in [5.74, 6) is -0.314. The first-order chi connectivity index (χ1) is 11.5. The van der Waals surface area contributed by atoms with E-state index in [0.29, 0.717) is 18.7 Å². The second-order valence-corrected chi connectivity index (χ2v) is 5.88. The summed E-state index contributed by atoms with van der Waals surface area (Å²) in [6, 6.07) is 1.81. The van der Waals surface area contributed by atoms with E-state index in [1.54, 1.807) is 21.8 Å². The fourth-order valence-corrected chi connectivity index (χ4v) is 2.62. The Morgan fingerprint density at radius 2 is 2.04 bits per heavy atom. The van der Waals surface area contributed by atoms with Gasteiger partial charge in [-0.3, -0.25) is 14.3 Å². The molecular weight excluding hydrogens is 306 g/mol. The van der Waals surface area contributed by atoms with Gasteiger partial charge in [0.25, 0.3) is 5.91 Å². The number of hydrogen-bond donors (Lipinski definition) is 1. The summed E-state index contributed by atoms with van der Waals surface area (Å²) in [5, 5.41) is 7.98. The molecule has 0 aliphatic rings. The van der Waals surface area contributed by atoms with Crippen LogP contribution in [0.5, 0.6) is 0 Å². The minimum atomic E-state index is -0.179. The summed E-state index contributed by atoms with van der Waals surface area (Å²) in [5.41, 5.74) is 2.06. The topological polar surface area (TPSA) is 80.1 Å². The van der Waals surface area contributed by atoms with Gasteiger partial charge >= 0.3 is 0 Å². The largest absolute Gasteiger partial charge is 0.355 e. The number of nitrogens with one attached hydrogen (secondary N) is 1. The monoisotopic (exact) mass is 331 g/mol. The van der Waals surface area contributed by atoms with Gasteiger partial charge < -0.3 is 10.2 Å². The molecule has 1 N–H and O–H groups in total. The zero-order chi connectivity index (χ0) is 17.7. The number of nitrogens with zero attached hydrogens (tertiary/aromatic N) is 4. The molecule has 2 heterocycles. The third-order valence-corrected chi connectivity index (χ3v) is 3.80. The molecule has 0 aliphatic carbocycles. The average molecular weight is 331 g/mol. The summed E-state index contributed by atoms with van der Waals surface area (Å²) in [6.45, 7) is 7.08. The first-order valence-corrected chi connectivity index (χ1v) is 8.33. The molecule has 0 aliphatic heterocycles. The lowest BCUT2D eigenvalue weighted by Crippen LogP contribution is -2.41. The van der Waals surface area contributed by atoms with Crippen molar-refractivity contribution in [2.24, 2.45) is 7.05 Å². The molecule has 0 atom stereocenters. The predicted octanol–water partition coefficient (Wildman–Crippen LogP) is 1.66. The van der Waals surface area contributed by atoms with Crippen LogP contribution in [-0.2, 0) is 11.8 Å². The molecule has 2 aromatic heterocycles. The van der Waals surface area contributed by atoms with E-state index in [0.717, 1.165) is 29.6 Å². The molecule has 0 aromatic carbocycles. The minimum absolute atomic E-state index is 0.0662. The van der Waals surface area contributed by atoms with Gasteiger partial charge in [-0.2, -0.15) is 5.10 Å². The second-order valence-electron chi connectivity index (χ2n) is 5.88. The van der Waals surface area contributed by atoms with Crippen molar-refractivity contribution in [1.82, 2.24) is 25.0 Å². The van der Waals surface area contributed by atoms with Crippen molar-refractivity contribution < 1.29 is 9.59 Å². The predicted molar refractivity (Wildman–Crippen MR) is 92.7 cm³/mol. The SMILES string of the molecule is CCCNC(=O)CN(CCC)C(=O)c1cnc2c(c1)c(C)nn2C. The van der Waals surface area contributed by atoms with Gasteiger partial charge in [0.15, 0.2) is 5.65 Å². The Hall–Kier alpha value is -2.44. The molecule has 2 rings (SSSR count). The number of hydrogen-bond acceptors (Lipinski definition) is 4. The van der Waals surface area contributed by atoms with Crippen molar-refractivity contribution in [1.29, 1.82) is 0 Å². The van der Waals surface area contributed by atoms with Crippen molar-refractivity contribution in [3.05, 3.63) is 23.5 Å². The van der Waals surface area contributed by atoms with Gasteiger partial charge in [-0.15, -0.1) is 0 Å². The van der Waals surface area contributed by atoms with Gasteiger partial charge in [0.2, 0.25) is 5.91 Å². The molecule has 2 aromatic rings. The zero-order valence-corrected chi connectivity index (χ0v) is 14.8. The first kappa shape index (κ1) is 17.9. The normalized spacial score (nSPS) is 10.8. The summed E-state index contributed by atoms with van der Waals surface area (Å²) < 4.78 is 1.70. The van der Waals surface area contributed by atoms with Crippen molar-refractivity contribution in [3.63, 3.8) is 0 Å². The van der Waals surface area contributed by atoms with Gasteiger partial charge in [0, 0.05) is 31.7 Å². The number of amides is 2. The number of rotatable bonds is 7. The molecule has 24 heavy (non-hydrogen) atoms. The fourth-order valence-electron chi connectivity index (χ4n) is 2.62. The lowest BCUT2D eigenvalue weighted by Gasteiger charge is -2.21. The lowest BCUT2D eigenvalue weighted by atomic mass is 10.2. The van der Waals surface area contributed by atoms with Crippen molar-refractivity contribution >= 4 is 22.8 Å². The van der Waals surface area contributed by atoms with Crippen LogP contribution in [0, 0.1) is 6.92 Å². The smallest absolute Gasteiger partial charge is 0.255 e. The second kappa shape index (κ2) is 7.90. The molecule has 130 valence electrons. The van der Waals surface area contributed by atoms with Gasteiger partial charge in [-0.25, -0.2) is 4.98 Å². The van der Waals surface area contributed by atoms with Crippen LogP contribution < -0.4 is 5.32 Å². The van der Waals surface area contributed by atoms with E-state index in [2.05, 4.69) is 15.4 Å². The molecule has 0 fully saturated rings. The van der Waals surface area contributed by atoms with Crippen LogP contribution in [0.3, 0.4) is 0 Å². The maximum atomic E-state index is 12.8. The van der Waals surface area contributed by atoms with E-state index < -0.39 is 0 Å². The molecule has 7 heteroatoms. The molecular formula is C17H25N5O2. The number of aromatic nitrogens is 3. The Kier molecular flexibility index (Phi) is 5.89. The highest BCUT2D eigenvalue weighted by Crippen LogP contribution is 2.17. The van der Waals surface area contributed by atoms with E-state index in [1.165, 1.54) is 0 Å². The van der Waals surface area contributed by atoms with Crippen LogP contribution in [0.2, 0.25) is 0 Å². The van der Waals surface area contributed by atoms with Crippen LogP contribution in [0.15, 0.2) is 12.3 Å². The lowest BCUT2D eigenvalue weighted by molar-refractivity contribution is -0.121. The third-order valence-electron chi connectivity index (χ3n) is 3.80. The van der Waals surface area contributed by atoms with E-state index in [9.17, 15) is 9.59 Å². The van der Waals surface area contributed by atoms with Crippen LogP contribution in [0.25, 0.3) is 11.0 Å². The molecule has 0 spiro atoms. The molecule has 0 saturated carbocycles. The van der Waals surface area contributed by atoms with Crippen LogP contribution >= 0.6 is 0 Å². The van der Waals surface area contributed by atoms with E-state index in [-0.39, 0.29) is 18.4 Å². The Bertz CT molecular complexity index is 738. The average Bonchev–Trinajstić information content (AvgIpc) is 2.86. The summed E-state index contributed by atoms with van der Waals surface area (Å²) in [7, 11) is 1.82. The number of pyridine rings is 1. The highest BCUT2D eigenvalue weighted by Gasteiger charge is 2.19. The third kappa shape index (κ3) is 3.90. The number of carbonyl (C=O) groups is 2. The van der Waals surface area contributed by atoms with Crippen LogP contribution in [0.1, 0.15) is 42.7 Å². The fraction of sp³-hybridized carbons (Fsp3) is 0.529. The van der Waals surface area contributed by atoms with Gasteiger partial charge in [0.1, 0.15) is 0 Å². The first-order valence-electron chi connectivity index (χ1n) is 8.33. The quantitative estimate of drug-likeness (QED) is 0.837. The van der Waals surface area contributed by atoms with E-state index >= 15 is 0 Å². The standard InChI is InChI=1S/C17H25N5O2/c1-5-7-18-15(23)11-22(8-6-2)17(24)13-9-14-12(3)20-21(4)16(14)19-10-13/h9-10H,5-8,11H2,1-4H3,(H,18,23). The molecule has 2 amide bonds. The van der Waals surface area contributed by atoms with Crippen LogP contribution in [0.4, 0.5) is 0 Å². The Labute approximate surface area is 142 Å². The number of fused-ring (bicyclic) bond motifs is 1. The summed E-state index contributed by atoms with van der Waals surface area (Å²) in [4.78, 5) is 30.7. The summed E-state index contributed by atoms with van der Waals surface area (Å²) in [6.07, 6.45) is 3.21. The Balaban J connectivity index is 2.22. The highest BCUT2D eigenvalue weighted by molar-refractivity contribution is 5.99. The molecule has 0 bridgehead atoms. The van der Waals surface area contributed by atoms with Crippen molar-refractivity contribution in [3.8, 4) is 0 Å². The highest BCUT2D eigenvalue weighted by atomic mass is 16.2. The Morgan fingerprint density at radius 3 is 2.71 bits per heavy atom. The van der Waals surface area contributed by atoms with E-state index in [4.69, 9.17) is 0 Å². The molecule has 0 unspecified atom stereocenters. The van der Waals surface area contributed by atoms with Crippen LogP contribution in [-0.4, -0.2) is 51.1 Å².